The summed E-state index contributed by atoms with van der Waals surface area (Å²) < 4.78 is 23.4. The maximum atomic E-state index is 11.7. The van der Waals surface area contributed by atoms with E-state index in [9.17, 15) is 8.42 Å². The quantitative estimate of drug-likeness (QED) is 0.552. The monoisotopic (exact) mass is 246 g/mol. The fraction of sp³-hybridized carbons (Fsp3) is 1.00. The molecule has 2 fully saturated rings. The normalized spacial score (nSPS) is 27.8. The minimum Gasteiger partial charge on any atom is -0.314 e. The summed E-state index contributed by atoms with van der Waals surface area (Å²) in [5.41, 5.74) is 0. The van der Waals surface area contributed by atoms with Gasteiger partial charge in [-0.05, 0) is 12.8 Å². The molecule has 0 amide bonds. The van der Waals surface area contributed by atoms with Crippen LogP contribution < -0.4 is 5.32 Å². The fourth-order valence-corrected chi connectivity index (χ4v) is 4.10. The van der Waals surface area contributed by atoms with E-state index in [1.807, 2.05) is 0 Å². The Morgan fingerprint density at radius 1 is 0.938 bits per heavy atom. The van der Waals surface area contributed by atoms with Crippen LogP contribution in [0.3, 0.4) is 0 Å². The highest BCUT2D eigenvalue weighted by Crippen LogP contribution is 2.33. The molecule has 1 saturated carbocycles. The van der Waals surface area contributed by atoms with Gasteiger partial charge in [0.2, 0.25) is 0 Å². The molecule has 0 aromatic rings. The largest absolute Gasteiger partial charge is 0.314 e. The summed E-state index contributed by atoms with van der Waals surface area (Å²) in [6, 6.07) is 0. The Hall–Kier alpha value is -0.130. The lowest BCUT2D eigenvalue weighted by atomic mass is 10.1. The van der Waals surface area contributed by atoms with Gasteiger partial charge in [0.15, 0.2) is 10.7 Å². The molecule has 0 aromatic carbocycles. The van der Waals surface area contributed by atoms with Gasteiger partial charge in [-0.1, -0.05) is 25.7 Å². The molecule has 0 spiro atoms. The van der Waals surface area contributed by atoms with Crippen molar-refractivity contribution in [2.24, 2.45) is 0 Å². The Morgan fingerprint density at radius 2 is 1.50 bits per heavy atom. The number of nitrogens with one attached hydrogen (secondary N) is 1. The van der Waals surface area contributed by atoms with Crippen molar-refractivity contribution in [3.8, 4) is 0 Å². The summed E-state index contributed by atoms with van der Waals surface area (Å²) in [5.74, 6) is 0. The fourth-order valence-electron chi connectivity index (χ4n) is 2.99. The molecular formula is C11H22N2O2S. The van der Waals surface area contributed by atoms with E-state index in [4.69, 9.17) is 0 Å². The Balaban J connectivity index is 2.18. The second kappa shape index (κ2) is 5.47. The van der Waals surface area contributed by atoms with Crippen molar-refractivity contribution in [1.82, 2.24) is 10.2 Å². The SMILES string of the molecule is O=[SH](=O)C1(N2CCNCC2)CCCCCC1. The molecule has 0 unspecified atom stereocenters. The van der Waals surface area contributed by atoms with Crippen molar-refractivity contribution in [1.29, 1.82) is 0 Å². The third-order valence-electron chi connectivity index (χ3n) is 3.95. The lowest BCUT2D eigenvalue weighted by Gasteiger charge is -2.41. The number of hydrogen-bond acceptors (Lipinski definition) is 4. The van der Waals surface area contributed by atoms with Crippen LogP contribution in [0.5, 0.6) is 0 Å². The van der Waals surface area contributed by atoms with Crippen LogP contribution in [0.25, 0.3) is 0 Å². The smallest absolute Gasteiger partial charge is 0.159 e. The zero-order chi connectivity index (χ0) is 11.4. The highest BCUT2D eigenvalue weighted by Gasteiger charge is 2.40. The second-order valence-corrected chi connectivity index (χ2v) is 6.24. The third-order valence-corrected chi connectivity index (χ3v) is 5.36. The molecular weight excluding hydrogens is 224 g/mol. The van der Waals surface area contributed by atoms with E-state index in [1.54, 1.807) is 0 Å². The van der Waals surface area contributed by atoms with Crippen LogP contribution in [-0.4, -0.2) is 44.4 Å². The summed E-state index contributed by atoms with van der Waals surface area (Å²) in [6.45, 7) is 3.60. The minimum absolute atomic E-state index is 0.520. The molecule has 5 heteroatoms. The first-order valence-electron chi connectivity index (χ1n) is 6.36. The Labute approximate surface area is 99.3 Å². The van der Waals surface area contributed by atoms with E-state index in [2.05, 4.69) is 10.2 Å². The molecule has 2 rings (SSSR count). The van der Waals surface area contributed by atoms with Gasteiger partial charge < -0.3 is 5.32 Å². The summed E-state index contributed by atoms with van der Waals surface area (Å²) in [7, 11) is -2.34. The van der Waals surface area contributed by atoms with Gasteiger partial charge >= 0.3 is 0 Å². The highest BCUT2D eigenvalue weighted by atomic mass is 32.2. The van der Waals surface area contributed by atoms with Gasteiger partial charge in [-0.15, -0.1) is 0 Å². The molecule has 1 N–H and O–H groups in total. The number of thiol groups is 1. The summed E-state index contributed by atoms with van der Waals surface area (Å²) in [4.78, 5) is 1.69. The summed E-state index contributed by atoms with van der Waals surface area (Å²) in [5, 5.41) is 3.29. The average molecular weight is 246 g/mol. The lowest BCUT2D eigenvalue weighted by molar-refractivity contribution is 0.126. The predicted molar refractivity (Wildman–Crippen MR) is 65.2 cm³/mol. The maximum Gasteiger partial charge on any atom is 0.159 e. The van der Waals surface area contributed by atoms with E-state index >= 15 is 0 Å². The Morgan fingerprint density at radius 3 is 2.00 bits per heavy atom. The molecule has 0 atom stereocenters. The first-order valence-corrected chi connectivity index (χ1v) is 7.54. The summed E-state index contributed by atoms with van der Waals surface area (Å²) >= 11 is 0. The maximum absolute atomic E-state index is 11.7. The number of nitrogens with zero attached hydrogens (tertiary/aromatic N) is 1. The first kappa shape index (κ1) is 12.3. The van der Waals surface area contributed by atoms with Gasteiger partial charge in [0.05, 0.1) is 0 Å². The Bertz CT molecular complexity index is 282. The number of rotatable bonds is 2. The zero-order valence-electron chi connectivity index (χ0n) is 9.78. The van der Waals surface area contributed by atoms with Crippen molar-refractivity contribution >= 4 is 10.7 Å². The number of piperazine rings is 1. The topological polar surface area (TPSA) is 49.4 Å². The van der Waals surface area contributed by atoms with Crippen LogP contribution in [0.4, 0.5) is 0 Å². The van der Waals surface area contributed by atoms with Crippen LogP contribution in [0, 0.1) is 0 Å². The van der Waals surface area contributed by atoms with Crippen molar-refractivity contribution in [3.05, 3.63) is 0 Å². The average Bonchev–Trinajstić information content (AvgIpc) is 2.56. The molecule has 0 bridgehead atoms. The molecule has 1 heterocycles. The van der Waals surface area contributed by atoms with Gasteiger partial charge in [-0.3, -0.25) is 4.90 Å². The van der Waals surface area contributed by atoms with Crippen molar-refractivity contribution < 1.29 is 8.42 Å². The Kier molecular flexibility index (Phi) is 4.21. The molecule has 1 aliphatic heterocycles. The van der Waals surface area contributed by atoms with E-state index in [1.165, 1.54) is 12.8 Å². The van der Waals surface area contributed by atoms with Crippen LogP contribution >= 0.6 is 0 Å². The van der Waals surface area contributed by atoms with E-state index < -0.39 is 15.6 Å². The summed E-state index contributed by atoms with van der Waals surface area (Å²) in [6.07, 6.45) is 6.19. The molecule has 0 radical (unpaired) electrons. The van der Waals surface area contributed by atoms with Gasteiger partial charge in [-0.25, -0.2) is 8.42 Å². The second-order valence-electron chi connectivity index (χ2n) is 4.89. The molecule has 0 aromatic heterocycles. The molecule has 2 aliphatic rings. The van der Waals surface area contributed by atoms with E-state index in [0.29, 0.717) is 0 Å². The lowest BCUT2D eigenvalue weighted by Crippen LogP contribution is -2.56. The minimum atomic E-state index is -2.34. The van der Waals surface area contributed by atoms with Gasteiger partial charge in [0.1, 0.15) is 4.87 Å². The third kappa shape index (κ3) is 2.41. The molecule has 94 valence electrons. The van der Waals surface area contributed by atoms with E-state index in [-0.39, 0.29) is 0 Å². The molecule has 1 aliphatic carbocycles. The first-order chi connectivity index (χ1) is 7.76. The van der Waals surface area contributed by atoms with Crippen LogP contribution in [0.1, 0.15) is 38.5 Å². The van der Waals surface area contributed by atoms with Gasteiger partial charge in [-0.2, -0.15) is 0 Å². The van der Waals surface area contributed by atoms with E-state index in [0.717, 1.165) is 51.9 Å². The molecule has 4 nitrogen and oxygen atoms in total. The van der Waals surface area contributed by atoms with Crippen molar-refractivity contribution in [3.63, 3.8) is 0 Å². The molecule has 16 heavy (non-hydrogen) atoms. The van der Waals surface area contributed by atoms with Crippen LogP contribution in [-0.2, 0) is 10.7 Å². The van der Waals surface area contributed by atoms with Gasteiger partial charge in [0, 0.05) is 26.2 Å². The molecule has 1 saturated heterocycles. The van der Waals surface area contributed by atoms with Crippen molar-refractivity contribution in [2.45, 2.75) is 43.4 Å². The van der Waals surface area contributed by atoms with Crippen LogP contribution in [0.15, 0.2) is 0 Å². The highest BCUT2D eigenvalue weighted by molar-refractivity contribution is 7.74. The van der Waals surface area contributed by atoms with Crippen molar-refractivity contribution in [2.75, 3.05) is 26.2 Å². The predicted octanol–water partition coefficient (Wildman–Crippen LogP) is 0.553. The van der Waals surface area contributed by atoms with Gasteiger partial charge in [0.25, 0.3) is 0 Å². The zero-order valence-corrected chi connectivity index (χ0v) is 10.7. The van der Waals surface area contributed by atoms with Crippen LogP contribution in [0.2, 0.25) is 0 Å². The standard InChI is InChI=1S/C11H22N2O2S/c14-16(15)11(5-3-1-2-4-6-11)13-9-7-12-8-10-13/h12,16H,1-10H2. The number of hydrogen-bond donors (Lipinski definition) is 2.